The highest BCUT2D eigenvalue weighted by atomic mass is 19.1. The summed E-state index contributed by atoms with van der Waals surface area (Å²) in [5.74, 6) is 0. The molecule has 0 unspecified atom stereocenters. The fourth-order valence-electron chi connectivity index (χ4n) is 0. The Kier molecular flexibility index (Phi) is 2.37. The number of hydrogen-bond acceptors (Lipinski definition) is 0. The Morgan fingerprint density at radius 2 is 1.67 bits per heavy atom. The van der Waals surface area contributed by atoms with Gasteiger partial charge in [-0.1, -0.05) is 13.6 Å². The molecule has 0 aromatic carbocycles. The first-order valence-corrected chi connectivity index (χ1v) is 2.28. The Morgan fingerprint density at radius 1 is 1.50 bits per heavy atom. The molecule has 6 heavy (non-hydrogen) atoms. The highest BCUT2D eigenvalue weighted by molar-refractivity contribution is 7.37. The molecular weight excluding hydrogens is 75.5 g/mol. The van der Waals surface area contributed by atoms with Crippen LogP contribution in [0.3, 0.4) is 0 Å². The molecule has 0 aliphatic carbocycles. The van der Waals surface area contributed by atoms with Crippen molar-refractivity contribution in [2.75, 3.05) is 0 Å². The zero-order chi connectivity index (χ0) is 5.15. The first-order valence-electron chi connectivity index (χ1n) is 2.28. The van der Waals surface area contributed by atoms with E-state index in [1.54, 1.807) is 7.74 Å². The molecule has 0 rings (SSSR count). The van der Waals surface area contributed by atoms with Crippen LogP contribution in [0.1, 0.15) is 0 Å². The maximum Gasteiger partial charge on any atom is 0.267 e. The third-order valence-electron chi connectivity index (χ3n) is 0.919. The van der Waals surface area contributed by atoms with Crippen LogP contribution in [0.15, 0.2) is 0 Å². The topological polar surface area (TPSA) is 0 Å². The van der Waals surface area contributed by atoms with E-state index in [0.29, 0.717) is 0 Å². The summed E-state index contributed by atoms with van der Waals surface area (Å²) in [7, 11) is 1.57. The van der Waals surface area contributed by atoms with Gasteiger partial charge in [-0.3, -0.25) is 0 Å². The molecule has 0 spiro atoms. The summed E-state index contributed by atoms with van der Waals surface area (Å²) in [6, 6.07) is 0. The first kappa shape index (κ1) is 6.12. The van der Waals surface area contributed by atoms with Crippen molar-refractivity contribution in [3.63, 3.8) is 0 Å². The van der Waals surface area contributed by atoms with E-state index in [1.165, 1.54) is 0 Å². The SMILES string of the molecule is BB(F)B(C)C. The van der Waals surface area contributed by atoms with E-state index in [9.17, 15) is 4.32 Å². The smallest absolute Gasteiger partial charge is 0.267 e. The van der Waals surface area contributed by atoms with Crippen LogP contribution in [0.5, 0.6) is 0 Å². The second-order valence-electron chi connectivity index (χ2n) is 1.92. The molecule has 32 valence electrons. The van der Waals surface area contributed by atoms with Crippen LogP contribution in [0.4, 0.5) is 4.32 Å². The molecule has 0 atom stereocenters. The van der Waals surface area contributed by atoms with Crippen LogP contribution >= 0.6 is 0 Å². The number of rotatable bonds is 1. The molecule has 0 fully saturated rings. The molecule has 0 radical (unpaired) electrons. The Balaban J connectivity index is 2.99. The van der Waals surface area contributed by atoms with Crippen LogP contribution in [-0.4, -0.2) is 21.1 Å². The summed E-state index contributed by atoms with van der Waals surface area (Å²) in [5, 5.41) is 0. The van der Waals surface area contributed by atoms with E-state index >= 15 is 0 Å². The van der Waals surface area contributed by atoms with Crippen molar-refractivity contribution in [2.45, 2.75) is 13.6 Å². The summed E-state index contributed by atoms with van der Waals surface area (Å²) < 4.78 is 11.8. The molecule has 0 saturated heterocycles. The van der Waals surface area contributed by atoms with Crippen LogP contribution < -0.4 is 0 Å². The first-order chi connectivity index (χ1) is 2.64. The molecule has 0 amide bonds. The van der Waals surface area contributed by atoms with E-state index in [2.05, 4.69) is 0 Å². The molecule has 0 aromatic rings. The minimum Gasteiger partial charge on any atom is -0.358 e. The third kappa shape index (κ3) is 2.37. The van der Waals surface area contributed by atoms with Crippen LogP contribution in [-0.2, 0) is 0 Å². The van der Waals surface area contributed by atoms with Crippen molar-refractivity contribution in [3.8, 4) is 0 Å². The van der Waals surface area contributed by atoms with Gasteiger partial charge < -0.3 is 4.32 Å². The number of halogens is 1. The summed E-state index contributed by atoms with van der Waals surface area (Å²) in [5.41, 5.74) is 0. The minimum absolute atomic E-state index is 0.185. The van der Waals surface area contributed by atoms with E-state index in [1.807, 2.05) is 13.6 Å². The Hall–Kier alpha value is 0.125. The lowest BCUT2D eigenvalue weighted by Gasteiger charge is -1.91. The summed E-state index contributed by atoms with van der Waals surface area (Å²) in [4.78, 5) is 0. The third-order valence-corrected chi connectivity index (χ3v) is 0.919. The lowest BCUT2D eigenvalue weighted by Crippen LogP contribution is -2.24. The average Bonchev–Trinajstić information content (AvgIpc) is 1.36. The van der Waals surface area contributed by atoms with Gasteiger partial charge >= 0.3 is 0 Å². The second kappa shape index (κ2) is 2.32. The molecule has 0 nitrogen and oxygen atoms in total. The van der Waals surface area contributed by atoms with Gasteiger partial charge in [-0.05, 0) is 0 Å². The van der Waals surface area contributed by atoms with E-state index in [0.717, 1.165) is 0 Å². The molecule has 4 heteroatoms. The molecule has 0 aliphatic heterocycles. The van der Waals surface area contributed by atoms with Crippen LogP contribution in [0.25, 0.3) is 0 Å². The molecular formula is C2H8B3F. The summed E-state index contributed by atoms with van der Waals surface area (Å²) in [6.45, 7) is 3.27. The van der Waals surface area contributed by atoms with E-state index < -0.39 is 6.77 Å². The fourth-order valence-corrected chi connectivity index (χ4v) is 0. The molecule has 0 saturated carbocycles. The predicted molar refractivity (Wildman–Crippen MR) is 32.9 cm³/mol. The van der Waals surface area contributed by atoms with Gasteiger partial charge in [0.2, 0.25) is 0 Å². The van der Waals surface area contributed by atoms with Gasteiger partial charge in [0.25, 0.3) is 6.77 Å². The monoisotopic (exact) mass is 84.1 g/mol. The number of hydrogen-bond donors (Lipinski definition) is 0. The maximum absolute atomic E-state index is 11.8. The lowest BCUT2D eigenvalue weighted by molar-refractivity contribution is 0.881. The van der Waals surface area contributed by atoms with Gasteiger partial charge in [-0.15, -0.1) is 0 Å². The predicted octanol–water partition coefficient (Wildman–Crippen LogP) is -0.0900. The fraction of sp³-hybridized carbons (Fsp3) is 1.00. The zero-order valence-electron chi connectivity index (χ0n) is 4.53. The Bertz CT molecular complexity index is 29.8. The van der Waals surface area contributed by atoms with Gasteiger partial charge in [0.05, 0.1) is 0 Å². The van der Waals surface area contributed by atoms with Crippen molar-refractivity contribution in [3.05, 3.63) is 0 Å². The highest BCUT2D eigenvalue weighted by Crippen LogP contribution is 1.83. The van der Waals surface area contributed by atoms with Crippen molar-refractivity contribution in [1.29, 1.82) is 0 Å². The standard InChI is InChI=1S/C2H8B3F/c1-4(2)5(3)6/h3H2,1-2H3. The van der Waals surface area contributed by atoms with Gasteiger partial charge in [-0.25, -0.2) is 0 Å². The maximum atomic E-state index is 11.8. The summed E-state index contributed by atoms with van der Waals surface area (Å²) in [6.07, 6.45) is 0. The van der Waals surface area contributed by atoms with Crippen molar-refractivity contribution in [2.24, 2.45) is 0 Å². The van der Waals surface area contributed by atoms with Gasteiger partial charge in [0.15, 0.2) is 0 Å². The van der Waals surface area contributed by atoms with Crippen molar-refractivity contribution >= 4 is 21.1 Å². The Labute approximate surface area is 40.1 Å². The quantitative estimate of drug-likeness (QED) is 0.389. The summed E-state index contributed by atoms with van der Waals surface area (Å²) >= 11 is 0. The molecule has 0 N–H and O–H groups in total. The minimum atomic E-state index is -0.648. The van der Waals surface area contributed by atoms with Gasteiger partial charge in [0, 0.05) is 0 Å². The largest absolute Gasteiger partial charge is 0.358 e. The van der Waals surface area contributed by atoms with Crippen LogP contribution in [0, 0.1) is 0 Å². The van der Waals surface area contributed by atoms with E-state index in [4.69, 9.17) is 0 Å². The Morgan fingerprint density at radius 3 is 1.67 bits per heavy atom. The van der Waals surface area contributed by atoms with Crippen molar-refractivity contribution < 1.29 is 4.32 Å². The molecule has 0 heterocycles. The van der Waals surface area contributed by atoms with Crippen molar-refractivity contribution in [1.82, 2.24) is 0 Å². The van der Waals surface area contributed by atoms with Crippen LogP contribution in [0.2, 0.25) is 13.6 Å². The average molecular weight is 83.5 g/mol. The molecule has 0 aliphatic rings. The van der Waals surface area contributed by atoms with E-state index in [-0.39, 0.29) is 6.60 Å². The lowest BCUT2D eigenvalue weighted by atomic mass is 9.12. The zero-order valence-corrected chi connectivity index (χ0v) is 4.53. The van der Waals surface area contributed by atoms with Gasteiger partial charge in [0.1, 0.15) is 14.3 Å². The normalized spacial score (nSPS) is 7.83. The van der Waals surface area contributed by atoms with Gasteiger partial charge in [-0.2, -0.15) is 0 Å². The molecule has 0 aromatic heterocycles. The second-order valence-corrected chi connectivity index (χ2v) is 1.92. The molecule has 0 bridgehead atoms. The highest BCUT2D eigenvalue weighted by Gasteiger charge is 2.11.